The van der Waals surface area contributed by atoms with E-state index < -0.39 is 6.10 Å². The van der Waals surface area contributed by atoms with Crippen molar-refractivity contribution < 1.29 is 28.6 Å². The molecule has 0 rings (SSSR count). The Hall–Kier alpha value is -3.41. The zero-order valence-corrected chi connectivity index (χ0v) is 46.7. The Labute approximate surface area is 439 Å². The minimum Gasteiger partial charge on any atom is -0.462 e. The third-order valence-electron chi connectivity index (χ3n) is 12.8. The van der Waals surface area contributed by atoms with Gasteiger partial charge in [0, 0.05) is 19.3 Å². The van der Waals surface area contributed by atoms with Gasteiger partial charge in [0.05, 0.1) is 0 Å². The molecule has 0 aromatic heterocycles. The molecule has 0 spiro atoms. The Balaban J connectivity index is 4.46. The van der Waals surface area contributed by atoms with E-state index >= 15 is 0 Å². The molecule has 0 radical (unpaired) electrons. The summed E-state index contributed by atoms with van der Waals surface area (Å²) in [6.07, 6.45) is 77.2. The lowest BCUT2D eigenvalue weighted by molar-refractivity contribution is -0.167. The van der Waals surface area contributed by atoms with Gasteiger partial charge in [0.15, 0.2) is 6.10 Å². The molecule has 0 bridgehead atoms. The Morgan fingerprint density at radius 3 is 0.859 bits per heavy atom. The molecule has 0 amide bonds. The number of hydrogen-bond acceptors (Lipinski definition) is 6. The van der Waals surface area contributed by atoms with Crippen molar-refractivity contribution in [2.45, 2.75) is 297 Å². The highest BCUT2D eigenvalue weighted by Crippen LogP contribution is 2.15. The molecule has 0 aromatic carbocycles. The summed E-state index contributed by atoms with van der Waals surface area (Å²) in [5, 5.41) is 0. The molecule has 0 fully saturated rings. The Kier molecular flexibility index (Phi) is 56.3. The van der Waals surface area contributed by atoms with Crippen molar-refractivity contribution in [1.82, 2.24) is 0 Å². The summed E-state index contributed by atoms with van der Waals surface area (Å²) in [5.74, 6) is -0.958. The number of ether oxygens (including phenoxy) is 3. The fraction of sp³-hybridized carbons (Fsp3) is 0.738. The normalized spacial score (nSPS) is 12.7. The average molecular weight is 990 g/mol. The zero-order valence-electron chi connectivity index (χ0n) is 46.7. The maximum absolute atomic E-state index is 12.9. The SMILES string of the molecule is CCCCC/C=C\C/C=C\CCCCCCCCCCCC(=O)OC[C@H](COC(=O)CCCCCCCCC/C=C\C/C=C\CCCCC)OC(=O)CCC/C=C\C/C=C\C/C=C\CCCCCCCC. The standard InChI is InChI=1S/C65H112O6/c1-4-7-10-13-16-19-22-25-28-31-32-35-37-40-43-46-49-52-55-58-64(67)70-61-62(71-65(68)59-56-53-50-47-44-41-38-34-30-27-24-21-18-15-12-9-6-3)60-69-63(66)57-54-51-48-45-42-39-36-33-29-26-23-20-17-14-11-8-5-2/h16-17,19-20,25-30,38,41,47,50,62H,4-15,18,21-24,31-37,39-40,42-46,48-49,51-61H2,1-3H3/b19-16-,20-17-,28-25-,29-26-,30-27-,41-38-,50-47-/t62-/m0/s1. The molecule has 0 unspecified atom stereocenters. The molecular weight excluding hydrogens is 877 g/mol. The first-order valence-electron chi connectivity index (χ1n) is 30.1. The van der Waals surface area contributed by atoms with Gasteiger partial charge >= 0.3 is 17.9 Å². The second-order valence-corrected chi connectivity index (χ2v) is 19.9. The van der Waals surface area contributed by atoms with Crippen LogP contribution in [-0.2, 0) is 28.6 Å². The summed E-state index contributed by atoms with van der Waals surface area (Å²) < 4.78 is 16.8. The Bertz CT molecular complexity index is 1370. The third-order valence-corrected chi connectivity index (χ3v) is 12.8. The Morgan fingerprint density at radius 2 is 0.521 bits per heavy atom. The van der Waals surface area contributed by atoms with E-state index in [1.165, 1.54) is 167 Å². The van der Waals surface area contributed by atoms with Crippen LogP contribution in [0.5, 0.6) is 0 Å². The van der Waals surface area contributed by atoms with E-state index in [4.69, 9.17) is 14.2 Å². The lowest BCUT2D eigenvalue weighted by Gasteiger charge is -2.18. The van der Waals surface area contributed by atoms with Gasteiger partial charge in [-0.15, -0.1) is 0 Å². The van der Waals surface area contributed by atoms with E-state index in [1.54, 1.807) is 0 Å². The number of allylic oxidation sites excluding steroid dienone is 14. The first kappa shape index (κ1) is 67.6. The molecule has 0 saturated carbocycles. The van der Waals surface area contributed by atoms with E-state index in [-0.39, 0.29) is 37.5 Å². The maximum atomic E-state index is 12.9. The smallest absolute Gasteiger partial charge is 0.306 e. The summed E-state index contributed by atoms with van der Waals surface area (Å²) in [6.45, 7) is 6.55. The van der Waals surface area contributed by atoms with Crippen LogP contribution in [0.15, 0.2) is 85.1 Å². The summed E-state index contributed by atoms with van der Waals surface area (Å²) in [5.41, 5.74) is 0. The first-order valence-corrected chi connectivity index (χ1v) is 30.1. The van der Waals surface area contributed by atoms with Crippen molar-refractivity contribution in [3.8, 4) is 0 Å². The van der Waals surface area contributed by atoms with Gasteiger partial charge in [0.25, 0.3) is 0 Å². The second kappa shape index (κ2) is 59.2. The van der Waals surface area contributed by atoms with Crippen LogP contribution >= 0.6 is 0 Å². The van der Waals surface area contributed by atoms with Crippen LogP contribution in [0, 0.1) is 0 Å². The highest BCUT2D eigenvalue weighted by Gasteiger charge is 2.19. The van der Waals surface area contributed by atoms with Gasteiger partial charge in [0.2, 0.25) is 0 Å². The average Bonchev–Trinajstić information content (AvgIpc) is 3.37. The van der Waals surface area contributed by atoms with Crippen molar-refractivity contribution in [1.29, 1.82) is 0 Å². The summed E-state index contributed by atoms with van der Waals surface area (Å²) in [6, 6.07) is 0. The van der Waals surface area contributed by atoms with Crippen LogP contribution in [0.25, 0.3) is 0 Å². The fourth-order valence-corrected chi connectivity index (χ4v) is 8.28. The van der Waals surface area contributed by atoms with E-state index in [0.717, 1.165) is 77.0 Å². The van der Waals surface area contributed by atoms with Crippen LogP contribution in [0.4, 0.5) is 0 Å². The lowest BCUT2D eigenvalue weighted by atomic mass is 10.1. The molecule has 0 aliphatic carbocycles. The molecule has 6 heteroatoms. The van der Waals surface area contributed by atoms with Gasteiger partial charge in [-0.1, -0.05) is 241 Å². The molecule has 0 N–H and O–H groups in total. The predicted molar refractivity (Wildman–Crippen MR) is 307 cm³/mol. The number of hydrogen-bond donors (Lipinski definition) is 0. The highest BCUT2D eigenvalue weighted by atomic mass is 16.6. The molecule has 408 valence electrons. The number of unbranched alkanes of at least 4 members (excludes halogenated alkanes) is 29. The van der Waals surface area contributed by atoms with E-state index in [1.807, 2.05) is 0 Å². The molecule has 0 aromatic rings. The van der Waals surface area contributed by atoms with Crippen molar-refractivity contribution >= 4 is 17.9 Å². The maximum Gasteiger partial charge on any atom is 0.306 e. The minimum absolute atomic E-state index is 0.101. The van der Waals surface area contributed by atoms with Crippen LogP contribution in [-0.4, -0.2) is 37.2 Å². The number of rotatable bonds is 54. The number of carbonyl (C=O) groups is 3. The van der Waals surface area contributed by atoms with Crippen LogP contribution in [0.2, 0.25) is 0 Å². The summed E-state index contributed by atoms with van der Waals surface area (Å²) >= 11 is 0. The van der Waals surface area contributed by atoms with Gasteiger partial charge in [-0.3, -0.25) is 14.4 Å². The van der Waals surface area contributed by atoms with Crippen molar-refractivity contribution in [2.24, 2.45) is 0 Å². The van der Waals surface area contributed by atoms with Gasteiger partial charge < -0.3 is 14.2 Å². The summed E-state index contributed by atoms with van der Waals surface area (Å²) in [4.78, 5) is 38.2. The predicted octanol–water partition coefficient (Wildman–Crippen LogP) is 20.3. The van der Waals surface area contributed by atoms with Crippen LogP contribution in [0.3, 0.4) is 0 Å². The first-order chi connectivity index (χ1) is 35.0. The highest BCUT2D eigenvalue weighted by molar-refractivity contribution is 5.71. The number of esters is 3. The summed E-state index contributed by atoms with van der Waals surface area (Å²) in [7, 11) is 0. The lowest BCUT2D eigenvalue weighted by Crippen LogP contribution is -2.30. The van der Waals surface area contributed by atoms with E-state index in [0.29, 0.717) is 19.3 Å². The number of carbonyl (C=O) groups excluding carboxylic acids is 3. The minimum atomic E-state index is -0.809. The van der Waals surface area contributed by atoms with E-state index in [2.05, 4.69) is 106 Å². The van der Waals surface area contributed by atoms with Crippen LogP contribution in [0.1, 0.15) is 290 Å². The monoisotopic (exact) mass is 989 g/mol. The van der Waals surface area contributed by atoms with Crippen molar-refractivity contribution in [3.63, 3.8) is 0 Å². The molecule has 0 heterocycles. The van der Waals surface area contributed by atoms with Gasteiger partial charge in [-0.2, -0.15) is 0 Å². The second-order valence-electron chi connectivity index (χ2n) is 19.9. The van der Waals surface area contributed by atoms with Crippen molar-refractivity contribution in [3.05, 3.63) is 85.1 Å². The molecule has 1 atom stereocenters. The third kappa shape index (κ3) is 57.4. The van der Waals surface area contributed by atoms with Gasteiger partial charge in [0.1, 0.15) is 13.2 Å². The molecular formula is C65H112O6. The Morgan fingerprint density at radius 1 is 0.282 bits per heavy atom. The molecule has 0 saturated heterocycles. The quantitative estimate of drug-likeness (QED) is 0.0261. The molecule has 6 nitrogen and oxygen atoms in total. The molecule has 71 heavy (non-hydrogen) atoms. The van der Waals surface area contributed by atoms with Crippen LogP contribution < -0.4 is 0 Å². The van der Waals surface area contributed by atoms with Crippen molar-refractivity contribution in [2.75, 3.05) is 13.2 Å². The molecule has 0 aliphatic rings. The topological polar surface area (TPSA) is 78.9 Å². The fourth-order valence-electron chi connectivity index (χ4n) is 8.28. The van der Waals surface area contributed by atoms with Gasteiger partial charge in [-0.25, -0.2) is 0 Å². The van der Waals surface area contributed by atoms with E-state index in [9.17, 15) is 14.4 Å². The molecule has 0 aliphatic heterocycles. The largest absolute Gasteiger partial charge is 0.462 e. The van der Waals surface area contributed by atoms with Gasteiger partial charge in [-0.05, 0) is 116 Å². The zero-order chi connectivity index (χ0) is 51.4.